The van der Waals surface area contributed by atoms with Crippen molar-refractivity contribution in [1.29, 1.82) is 0 Å². The quantitative estimate of drug-likeness (QED) is 0.689. The zero-order valence-electron chi connectivity index (χ0n) is 10.8. The van der Waals surface area contributed by atoms with E-state index in [1.165, 1.54) is 0 Å². The molecule has 1 aromatic carbocycles. The van der Waals surface area contributed by atoms with Gasteiger partial charge in [-0.2, -0.15) is 0 Å². The highest BCUT2D eigenvalue weighted by atomic mass is 32.2. The lowest BCUT2D eigenvalue weighted by atomic mass is 10.1. The van der Waals surface area contributed by atoms with E-state index in [2.05, 4.69) is 4.72 Å². The predicted octanol–water partition coefficient (Wildman–Crippen LogP) is 3.11. The molecule has 2 rings (SSSR count). The molecule has 20 heavy (non-hydrogen) atoms. The maximum absolute atomic E-state index is 13.6. The first kappa shape index (κ1) is 15.3. The van der Waals surface area contributed by atoms with E-state index >= 15 is 0 Å². The van der Waals surface area contributed by atoms with E-state index in [4.69, 9.17) is 0 Å². The minimum Gasteiger partial charge on any atom is -0.208 e. The van der Waals surface area contributed by atoms with Gasteiger partial charge in [0.25, 0.3) is 0 Å². The van der Waals surface area contributed by atoms with Crippen molar-refractivity contribution in [1.82, 2.24) is 4.72 Å². The Morgan fingerprint density at radius 1 is 0.950 bits per heavy atom. The second-order valence-corrected chi connectivity index (χ2v) is 6.67. The van der Waals surface area contributed by atoms with Crippen LogP contribution in [0.4, 0.5) is 13.2 Å². The Bertz CT molecular complexity index is 582. The van der Waals surface area contributed by atoms with E-state index in [-0.39, 0.29) is 6.04 Å². The summed E-state index contributed by atoms with van der Waals surface area (Å²) in [5, 5.41) is 0. The molecule has 0 saturated heterocycles. The predicted molar refractivity (Wildman–Crippen MR) is 68.1 cm³/mol. The van der Waals surface area contributed by atoms with E-state index < -0.39 is 32.4 Å². The normalized spacial score (nSPS) is 17.9. The summed E-state index contributed by atoms with van der Waals surface area (Å²) < 4.78 is 66.0. The average molecular weight is 307 g/mol. The smallest absolute Gasteiger partial charge is 0.208 e. The molecule has 0 bridgehead atoms. The van der Waals surface area contributed by atoms with Crippen molar-refractivity contribution in [2.75, 3.05) is 0 Å². The Hall–Kier alpha value is -1.08. The molecule has 0 aromatic heterocycles. The lowest BCUT2D eigenvalue weighted by Gasteiger charge is -2.16. The average Bonchev–Trinajstić information content (AvgIpc) is 2.63. The van der Waals surface area contributed by atoms with Gasteiger partial charge < -0.3 is 0 Å². The van der Waals surface area contributed by atoms with Gasteiger partial charge >= 0.3 is 0 Å². The molecule has 0 radical (unpaired) electrons. The summed E-state index contributed by atoms with van der Waals surface area (Å²) in [7, 11) is -4.18. The third-order valence-electron chi connectivity index (χ3n) is 3.47. The zero-order valence-corrected chi connectivity index (χ0v) is 11.6. The maximum atomic E-state index is 13.6. The van der Waals surface area contributed by atoms with Gasteiger partial charge in [-0.15, -0.1) is 0 Å². The summed E-state index contributed by atoms with van der Waals surface area (Å²) in [6.07, 6.45) is 5.21. The molecule has 3 nitrogen and oxygen atoms in total. The molecule has 1 aliphatic rings. The van der Waals surface area contributed by atoms with Crippen LogP contribution in [-0.4, -0.2) is 14.5 Å². The first-order valence-corrected chi connectivity index (χ1v) is 8.06. The van der Waals surface area contributed by atoms with Crippen LogP contribution < -0.4 is 4.72 Å². The Morgan fingerprint density at radius 3 is 2.15 bits per heavy atom. The number of sulfonamides is 1. The number of hydrogen-bond acceptors (Lipinski definition) is 2. The number of rotatable bonds is 3. The standard InChI is InChI=1S/C13H16F3NO2S/c14-10-7-8-11(13(16)12(10)15)20(18,19)17-9-5-3-1-2-4-6-9/h7-9,17H,1-6H2. The SMILES string of the molecule is O=S(=O)(NC1CCCCCC1)c1ccc(F)c(F)c1F. The topological polar surface area (TPSA) is 46.2 Å². The van der Waals surface area contributed by atoms with Crippen molar-refractivity contribution in [2.24, 2.45) is 0 Å². The van der Waals surface area contributed by atoms with Crippen LogP contribution in [0.5, 0.6) is 0 Å². The molecule has 112 valence electrons. The molecule has 1 aliphatic carbocycles. The zero-order chi connectivity index (χ0) is 14.8. The third-order valence-corrected chi connectivity index (χ3v) is 5.00. The fraction of sp³-hybridized carbons (Fsp3) is 0.538. The van der Waals surface area contributed by atoms with Gasteiger partial charge in [0.1, 0.15) is 4.90 Å². The molecule has 1 fully saturated rings. The van der Waals surface area contributed by atoms with Crippen molar-refractivity contribution in [2.45, 2.75) is 49.5 Å². The summed E-state index contributed by atoms with van der Waals surface area (Å²) in [5.41, 5.74) is 0. The van der Waals surface area contributed by atoms with E-state index in [0.717, 1.165) is 31.7 Å². The molecule has 0 amide bonds. The highest BCUT2D eigenvalue weighted by Gasteiger charge is 2.26. The molecule has 7 heteroatoms. The lowest BCUT2D eigenvalue weighted by Crippen LogP contribution is -2.35. The van der Waals surface area contributed by atoms with Gasteiger partial charge in [0.15, 0.2) is 17.5 Å². The fourth-order valence-electron chi connectivity index (χ4n) is 2.40. The van der Waals surface area contributed by atoms with E-state index in [1.54, 1.807) is 0 Å². The summed E-state index contributed by atoms with van der Waals surface area (Å²) in [4.78, 5) is -0.847. The molecule has 0 unspecified atom stereocenters. The lowest BCUT2D eigenvalue weighted by molar-refractivity contribution is 0.430. The van der Waals surface area contributed by atoms with Crippen LogP contribution >= 0.6 is 0 Å². The number of hydrogen-bond donors (Lipinski definition) is 1. The number of halogens is 3. The summed E-state index contributed by atoms with van der Waals surface area (Å²) in [5.74, 6) is -4.85. The Balaban J connectivity index is 2.24. The number of benzene rings is 1. The molecule has 1 saturated carbocycles. The molecule has 0 heterocycles. The molecular formula is C13H16F3NO2S. The molecular weight excluding hydrogens is 291 g/mol. The Kier molecular flexibility index (Phi) is 4.70. The first-order valence-electron chi connectivity index (χ1n) is 6.57. The van der Waals surface area contributed by atoms with E-state index in [1.807, 2.05) is 0 Å². The van der Waals surface area contributed by atoms with Gasteiger partial charge in [0.05, 0.1) is 0 Å². The van der Waals surface area contributed by atoms with Crippen molar-refractivity contribution in [3.8, 4) is 0 Å². The molecule has 1 aromatic rings. The minimum absolute atomic E-state index is 0.282. The van der Waals surface area contributed by atoms with Gasteiger partial charge in [-0.1, -0.05) is 25.7 Å². The number of nitrogens with one attached hydrogen (secondary N) is 1. The van der Waals surface area contributed by atoms with Gasteiger partial charge in [-0.05, 0) is 25.0 Å². The van der Waals surface area contributed by atoms with Gasteiger partial charge in [0, 0.05) is 6.04 Å². The maximum Gasteiger partial charge on any atom is 0.243 e. The highest BCUT2D eigenvalue weighted by molar-refractivity contribution is 7.89. The van der Waals surface area contributed by atoms with Gasteiger partial charge in [-0.3, -0.25) is 0 Å². The second kappa shape index (κ2) is 6.13. The van der Waals surface area contributed by atoms with Crippen molar-refractivity contribution in [3.05, 3.63) is 29.6 Å². The van der Waals surface area contributed by atoms with Gasteiger partial charge in [-0.25, -0.2) is 26.3 Å². The van der Waals surface area contributed by atoms with Crippen LogP contribution in [0, 0.1) is 17.5 Å². The van der Waals surface area contributed by atoms with Crippen LogP contribution in [-0.2, 0) is 10.0 Å². The largest absolute Gasteiger partial charge is 0.243 e. The third kappa shape index (κ3) is 3.32. The minimum atomic E-state index is -4.18. The molecule has 1 N–H and O–H groups in total. The van der Waals surface area contributed by atoms with E-state index in [0.29, 0.717) is 18.9 Å². The molecule has 0 atom stereocenters. The Morgan fingerprint density at radius 2 is 1.55 bits per heavy atom. The van der Waals surface area contributed by atoms with Crippen LogP contribution in [0.3, 0.4) is 0 Å². The molecule has 0 spiro atoms. The summed E-state index contributed by atoms with van der Waals surface area (Å²) >= 11 is 0. The fourth-order valence-corrected chi connectivity index (χ4v) is 3.77. The summed E-state index contributed by atoms with van der Waals surface area (Å²) in [6, 6.07) is 1.07. The monoisotopic (exact) mass is 307 g/mol. The Labute approximate surface area is 116 Å². The van der Waals surface area contributed by atoms with Crippen LogP contribution in [0.25, 0.3) is 0 Å². The van der Waals surface area contributed by atoms with Crippen molar-refractivity contribution >= 4 is 10.0 Å². The second-order valence-electron chi connectivity index (χ2n) is 4.98. The first-order chi connectivity index (χ1) is 9.42. The van der Waals surface area contributed by atoms with Crippen LogP contribution in [0.1, 0.15) is 38.5 Å². The van der Waals surface area contributed by atoms with Crippen molar-refractivity contribution < 1.29 is 21.6 Å². The molecule has 0 aliphatic heterocycles. The highest BCUT2D eigenvalue weighted by Crippen LogP contribution is 2.22. The van der Waals surface area contributed by atoms with Gasteiger partial charge in [0.2, 0.25) is 10.0 Å². The van der Waals surface area contributed by atoms with Crippen LogP contribution in [0.15, 0.2) is 17.0 Å². The van der Waals surface area contributed by atoms with Crippen LogP contribution in [0.2, 0.25) is 0 Å². The van der Waals surface area contributed by atoms with E-state index in [9.17, 15) is 21.6 Å². The summed E-state index contributed by atoms with van der Waals surface area (Å²) in [6.45, 7) is 0. The van der Waals surface area contributed by atoms with Crippen molar-refractivity contribution in [3.63, 3.8) is 0 Å².